The summed E-state index contributed by atoms with van der Waals surface area (Å²) in [4.78, 5) is 80.9. The van der Waals surface area contributed by atoms with Gasteiger partial charge in [-0.05, 0) is 67.5 Å². The zero-order valence-corrected chi connectivity index (χ0v) is 34.9. The van der Waals surface area contributed by atoms with Crippen LogP contribution in [0.1, 0.15) is 67.6 Å². The molecule has 0 radical (unpaired) electrons. The fourth-order valence-electron chi connectivity index (χ4n) is 6.89. The highest BCUT2D eigenvalue weighted by Gasteiger charge is 2.45. The molecule has 5 amide bonds. The molecule has 0 aliphatic carbocycles. The average Bonchev–Trinajstić information content (AvgIpc) is 3.32. The SMILES string of the molecule is C=CCOC(=O)N[C@H](C(=O)N[C@@H](C)C(=O)Nc1ccc(COC(=O)N2c3cc(OCCCC(=O)OCC)c(OC)cc3C(=O)N3Cc4ccccc4C[C@H]3C2O)cc1)C(C)C. The van der Waals surface area contributed by atoms with E-state index in [0.717, 1.165) is 16.0 Å². The number of alkyl carbamates (subject to hydrolysis) is 1. The van der Waals surface area contributed by atoms with Gasteiger partial charge in [0.15, 0.2) is 17.7 Å². The van der Waals surface area contributed by atoms with Gasteiger partial charge in [-0.3, -0.25) is 19.2 Å². The smallest absolute Gasteiger partial charge is 0.416 e. The van der Waals surface area contributed by atoms with Crippen molar-refractivity contribution < 1.29 is 57.6 Å². The Bertz CT molecular complexity index is 2090. The maximum Gasteiger partial charge on any atom is 0.416 e. The predicted octanol–water partition coefficient (Wildman–Crippen LogP) is 4.84. The van der Waals surface area contributed by atoms with Gasteiger partial charge in [0.05, 0.1) is 37.6 Å². The van der Waals surface area contributed by atoms with Crippen molar-refractivity contribution in [1.29, 1.82) is 0 Å². The summed E-state index contributed by atoms with van der Waals surface area (Å²) < 4.78 is 27.3. The molecule has 0 saturated carbocycles. The minimum absolute atomic E-state index is 0.0267. The molecule has 5 rings (SSSR count). The average molecular weight is 844 g/mol. The molecule has 4 N–H and O–H groups in total. The van der Waals surface area contributed by atoms with Crippen molar-refractivity contribution in [2.45, 2.75) is 84.5 Å². The fraction of sp³-hybridized carbons (Fsp3) is 0.409. The van der Waals surface area contributed by atoms with Gasteiger partial charge in [-0.25, -0.2) is 14.5 Å². The molecule has 3 aromatic rings. The molecule has 2 heterocycles. The fourth-order valence-corrected chi connectivity index (χ4v) is 6.89. The molecule has 4 atom stereocenters. The highest BCUT2D eigenvalue weighted by atomic mass is 16.6. The van der Waals surface area contributed by atoms with Crippen LogP contribution in [0.3, 0.4) is 0 Å². The van der Waals surface area contributed by atoms with Crippen LogP contribution in [0.25, 0.3) is 0 Å². The van der Waals surface area contributed by atoms with Crippen LogP contribution in [-0.2, 0) is 48.2 Å². The Hall–Kier alpha value is -6.62. The molecule has 3 aromatic carbocycles. The van der Waals surface area contributed by atoms with Crippen LogP contribution in [0.2, 0.25) is 0 Å². The van der Waals surface area contributed by atoms with E-state index in [0.29, 0.717) is 17.7 Å². The lowest BCUT2D eigenvalue weighted by molar-refractivity contribution is -0.143. The van der Waals surface area contributed by atoms with Crippen molar-refractivity contribution in [3.63, 3.8) is 0 Å². The number of carbonyl (C=O) groups is 6. The maximum atomic E-state index is 14.3. The molecule has 17 nitrogen and oxygen atoms in total. The lowest BCUT2D eigenvalue weighted by atomic mass is 9.93. The molecule has 1 unspecified atom stereocenters. The number of amides is 5. The Morgan fingerprint density at radius 1 is 0.934 bits per heavy atom. The number of hydrogen-bond acceptors (Lipinski definition) is 12. The third-order valence-electron chi connectivity index (χ3n) is 10.1. The molecular weight excluding hydrogens is 791 g/mol. The lowest BCUT2D eigenvalue weighted by Crippen LogP contribution is -2.55. The van der Waals surface area contributed by atoms with Gasteiger partial charge in [-0.15, -0.1) is 0 Å². The van der Waals surface area contributed by atoms with Gasteiger partial charge in [-0.2, -0.15) is 0 Å². The number of fused-ring (bicyclic) bond motifs is 3. The number of nitrogens with one attached hydrogen (secondary N) is 3. The summed E-state index contributed by atoms with van der Waals surface area (Å²) in [6.45, 7) is 10.5. The molecule has 61 heavy (non-hydrogen) atoms. The first-order valence-electron chi connectivity index (χ1n) is 20.0. The van der Waals surface area contributed by atoms with E-state index in [1.54, 1.807) is 49.9 Å². The van der Waals surface area contributed by atoms with Gasteiger partial charge in [0.1, 0.15) is 25.3 Å². The van der Waals surface area contributed by atoms with Crippen LogP contribution in [0.5, 0.6) is 11.5 Å². The first kappa shape index (κ1) is 45.5. The van der Waals surface area contributed by atoms with Crippen LogP contribution in [0.4, 0.5) is 21.0 Å². The van der Waals surface area contributed by atoms with Crippen molar-refractivity contribution in [1.82, 2.24) is 15.5 Å². The molecule has 0 fully saturated rings. The van der Waals surface area contributed by atoms with Crippen LogP contribution in [0, 0.1) is 5.92 Å². The van der Waals surface area contributed by atoms with Crippen molar-refractivity contribution in [2.75, 3.05) is 37.1 Å². The molecule has 0 saturated heterocycles. The van der Waals surface area contributed by atoms with Crippen LogP contribution >= 0.6 is 0 Å². The Morgan fingerprint density at radius 2 is 1.66 bits per heavy atom. The number of hydrogen-bond donors (Lipinski definition) is 4. The van der Waals surface area contributed by atoms with Gasteiger partial charge in [0, 0.05) is 24.7 Å². The molecule has 326 valence electrons. The second-order valence-electron chi connectivity index (χ2n) is 14.8. The highest BCUT2D eigenvalue weighted by molar-refractivity contribution is 6.06. The van der Waals surface area contributed by atoms with Crippen LogP contribution in [0.15, 0.2) is 73.3 Å². The summed E-state index contributed by atoms with van der Waals surface area (Å²) in [7, 11) is 1.42. The number of nitrogens with zero attached hydrogens (tertiary/aromatic N) is 2. The second kappa shape index (κ2) is 21.1. The quantitative estimate of drug-likeness (QED) is 0.0623. The van der Waals surface area contributed by atoms with Gasteiger partial charge in [-0.1, -0.05) is 62.9 Å². The number of aliphatic hydroxyl groups excluding tert-OH is 1. The third-order valence-corrected chi connectivity index (χ3v) is 10.1. The van der Waals surface area contributed by atoms with Crippen LogP contribution in [-0.4, -0.2) is 97.2 Å². The topological polar surface area (TPSA) is 211 Å². The van der Waals surface area contributed by atoms with E-state index >= 15 is 0 Å². The molecule has 2 aliphatic rings. The minimum Gasteiger partial charge on any atom is -0.493 e. The van der Waals surface area contributed by atoms with Crippen molar-refractivity contribution in [3.05, 3.63) is 95.6 Å². The Balaban J connectivity index is 1.30. The number of anilines is 2. The normalized spacial score (nSPS) is 16.3. The molecule has 0 spiro atoms. The summed E-state index contributed by atoms with van der Waals surface area (Å²) in [5.74, 6) is -1.80. The molecule has 17 heteroatoms. The molecular formula is C44H53N5O12. The standard InChI is InChI=1S/C44H53N5O12/c1-7-19-60-43(55)47-38(26(3)4)40(52)45-27(5)39(51)46-31-17-15-28(16-18-31)25-61-44(56)49-33-23-36(59-20-11-14-37(50)58-8-2)35(57-6)22-32(33)41(53)48-24-30-13-10-9-12-29(30)21-34(48)42(49)54/h7,9-10,12-13,15-18,22-23,26-27,34,38,42,54H,1,8,11,14,19-21,24-25H2,2-6H3,(H,45,52)(H,46,51)(H,47,55)/t27-,34-,38-,42?/m0/s1. The molecule has 0 aromatic heterocycles. The van der Waals surface area contributed by atoms with Crippen molar-refractivity contribution in [2.24, 2.45) is 5.92 Å². The zero-order chi connectivity index (χ0) is 44.2. The van der Waals surface area contributed by atoms with Gasteiger partial charge >= 0.3 is 18.2 Å². The Morgan fingerprint density at radius 3 is 2.33 bits per heavy atom. The van der Waals surface area contributed by atoms with E-state index in [1.165, 1.54) is 32.2 Å². The second-order valence-corrected chi connectivity index (χ2v) is 14.8. The Labute approximate surface area is 354 Å². The molecule has 0 bridgehead atoms. The summed E-state index contributed by atoms with van der Waals surface area (Å²) >= 11 is 0. The van der Waals surface area contributed by atoms with Crippen molar-refractivity contribution in [3.8, 4) is 11.5 Å². The minimum atomic E-state index is -1.53. The monoisotopic (exact) mass is 843 g/mol. The summed E-state index contributed by atoms with van der Waals surface area (Å²) in [5, 5.41) is 19.8. The number of aliphatic hydroxyl groups is 1. The lowest BCUT2D eigenvalue weighted by Gasteiger charge is -2.39. The summed E-state index contributed by atoms with van der Waals surface area (Å²) in [6.07, 6.45) is -1.15. The molecule has 2 aliphatic heterocycles. The van der Waals surface area contributed by atoms with Crippen molar-refractivity contribution >= 4 is 47.3 Å². The van der Waals surface area contributed by atoms with E-state index in [4.69, 9.17) is 23.7 Å². The first-order chi connectivity index (χ1) is 29.3. The third kappa shape index (κ3) is 11.4. The Kier molecular flexibility index (Phi) is 15.7. The number of rotatable bonds is 17. The van der Waals surface area contributed by atoms with Gasteiger partial charge < -0.3 is 49.6 Å². The van der Waals surface area contributed by atoms with E-state index < -0.39 is 54.3 Å². The predicted molar refractivity (Wildman–Crippen MR) is 223 cm³/mol. The van der Waals surface area contributed by atoms with E-state index in [2.05, 4.69) is 22.5 Å². The van der Waals surface area contributed by atoms with Crippen LogP contribution < -0.4 is 30.3 Å². The van der Waals surface area contributed by atoms with E-state index in [9.17, 15) is 33.9 Å². The van der Waals surface area contributed by atoms with E-state index in [1.807, 2.05) is 24.3 Å². The first-order valence-corrected chi connectivity index (χ1v) is 20.0. The summed E-state index contributed by atoms with van der Waals surface area (Å²) in [5.41, 5.74) is 2.91. The number of carbonyl (C=O) groups excluding carboxylic acids is 6. The number of ether oxygens (including phenoxy) is 5. The summed E-state index contributed by atoms with van der Waals surface area (Å²) in [6, 6.07) is 14.2. The zero-order valence-electron chi connectivity index (χ0n) is 34.9. The number of benzene rings is 3. The number of methoxy groups -OCH3 is 1. The van der Waals surface area contributed by atoms with Gasteiger partial charge in [0.2, 0.25) is 11.8 Å². The largest absolute Gasteiger partial charge is 0.493 e. The van der Waals surface area contributed by atoms with Gasteiger partial charge in [0.25, 0.3) is 5.91 Å². The maximum absolute atomic E-state index is 14.3. The van der Waals surface area contributed by atoms with E-state index in [-0.39, 0.29) is 80.5 Å². The highest BCUT2D eigenvalue weighted by Crippen LogP contribution is 2.41. The number of esters is 1.